The first-order valence-corrected chi connectivity index (χ1v) is 10.5. The Morgan fingerprint density at radius 2 is 1.89 bits per heavy atom. The van der Waals surface area contributed by atoms with E-state index in [0.717, 1.165) is 47.5 Å². The van der Waals surface area contributed by atoms with Gasteiger partial charge in [-0.3, -0.25) is 4.79 Å². The maximum Gasteiger partial charge on any atom is 0.198 e. The maximum atomic E-state index is 13.3. The van der Waals surface area contributed by atoms with Crippen LogP contribution in [0.15, 0.2) is 23.0 Å². The lowest BCUT2D eigenvalue weighted by Gasteiger charge is -2.30. The number of anilines is 1. The van der Waals surface area contributed by atoms with Crippen molar-refractivity contribution in [3.63, 3.8) is 0 Å². The number of hydrogen-bond donors (Lipinski definition) is 3. The number of quaternary nitrogens is 2. The third kappa shape index (κ3) is 4.19. The highest BCUT2D eigenvalue weighted by Gasteiger charge is 2.27. The van der Waals surface area contributed by atoms with Crippen LogP contribution in [0.1, 0.15) is 37.9 Å². The van der Waals surface area contributed by atoms with Crippen LogP contribution in [0.4, 0.5) is 5.69 Å². The predicted molar refractivity (Wildman–Crippen MR) is 113 cm³/mol. The number of rotatable bonds is 6. The summed E-state index contributed by atoms with van der Waals surface area (Å²) >= 11 is 0. The number of fused-ring (bicyclic) bond motifs is 1. The number of benzene rings is 1. The van der Waals surface area contributed by atoms with E-state index in [1.54, 1.807) is 4.90 Å². The summed E-state index contributed by atoms with van der Waals surface area (Å²) in [4.78, 5) is 22.2. The molecule has 1 atom stereocenters. The zero-order chi connectivity index (χ0) is 19.6. The molecule has 2 heterocycles. The number of piperidine rings is 1. The van der Waals surface area contributed by atoms with Crippen molar-refractivity contribution in [2.45, 2.75) is 46.2 Å². The van der Waals surface area contributed by atoms with Crippen LogP contribution in [-0.2, 0) is 6.54 Å². The van der Waals surface area contributed by atoms with Crippen molar-refractivity contribution in [2.75, 3.05) is 45.2 Å². The van der Waals surface area contributed by atoms with E-state index in [9.17, 15) is 4.79 Å². The molecular formula is C22H36N4O+2. The highest BCUT2D eigenvalue weighted by molar-refractivity contribution is 5.83. The molecule has 1 unspecified atom stereocenters. The minimum atomic E-state index is 0.202. The summed E-state index contributed by atoms with van der Waals surface area (Å²) in [7, 11) is 4.53. The van der Waals surface area contributed by atoms with Crippen molar-refractivity contribution in [3.05, 3.63) is 39.7 Å². The highest BCUT2D eigenvalue weighted by Crippen LogP contribution is 2.20. The first-order chi connectivity index (χ1) is 12.9. The van der Waals surface area contributed by atoms with Crippen LogP contribution in [0, 0.1) is 6.92 Å². The molecule has 1 saturated heterocycles. The van der Waals surface area contributed by atoms with E-state index in [-0.39, 0.29) is 5.43 Å². The van der Waals surface area contributed by atoms with Gasteiger partial charge in [0, 0.05) is 48.2 Å². The molecule has 1 aromatic heterocycles. The van der Waals surface area contributed by atoms with Gasteiger partial charge in [-0.25, -0.2) is 0 Å². The number of nitrogens with zero attached hydrogens (tertiary/aromatic N) is 1. The molecule has 1 fully saturated rings. The Hall–Kier alpha value is -1.85. The molecule has 1 aliphatic heterocycles. The van der Waals surface area contributed by atoms with Crippen molar-refractivity contribution in [1.82, 2.24) is 4.98 Å². The van der Waals surface area contributed by atoms with Crippen molar-refractivity contribution in [2.24, 2.45) is 0 Å². The molecule has 0 saturated carbocycles. The number of aryl methyl sites for hydroxylation is 1. The van der Waals surface area contributed by atoms with E-state index in [0.29, 0.717) is 6.04 Å². The Balaban J connectivity index is 1.91. The Morgan fingerprint density at radius 1 is 1.22 bits per heavy atom. The van der Waals surface area contributed by atoms with Gasteiger partial charge in [0.05, 0.1) is 38.8 Å². The molecule has 1 aromatic carbocycles. The van der Waals surface area contributed by atoms with Crippen molar-refractivity contribution in [3.8, 4) is 0 Å². The lowest BCUT2D eigenvalue weighted by atomic mass is 10.0. The van der Waals surface area contributed by atoms with Crippen LogP contribution in [0.3, 0.4) is 0 Å². The fourth-order valence-corrected chi connectivity index (χ4v) is 4.46. The van der Waals surface area contributed by atoms with Crippen LogP contribution in [-0.4, -0.2) is 51.3 Å². The van der Waals surface area contributed by atoms with Crippen LogP contribution in [0.5, 0.6) is 0 Å². The molecule has 0 spiro atoms. The summed E-state index contributed by atoms with van der Waals surface area (Å²) in [6, 6.07) is 6.89. The van der Waals surface area contributed by atoms with Gasteiger partial charge in [0.25, 0.3) is 0 Å². The molecular weight excluding hydrogens is 336 g/mol. The number of aromatic amines is 1. The monoisotopic (exact) mass is 372 g/mol. The molecule has 3 N–H and O–H groups in total. The van der Waals surface area contributed by atoms with Gasteiger partial charge < -0.3 is 19.7 Å². The predicted octanol–water partition coefficient (Wildman–Crippen LogP) is 0.375. The zero-order valence-corrected chi connectivity index (χ0v) is 17.6. The van der Waals surface area contributed by atoms with Gasteiger partial charge in [-0.05, 0) is 39.0 Å². The van der Waals surface area contributed by atoms with Crippen LogP contribution in [0.2, 0.25) is 0 Å². The Morgan fingerprint density at radius 3 is 2.52 bits per heavy atom. The van der Waals surface area contributed by atoms with Crippen molar-refractivity contribution in [1.29, 1.82) is 0 Å². The SMILES string of the molecule is CCN(CC)c1ccc2[nH]c(C)c(C[NH+](C)C3CC[NH+](C)CC3)c(=O)c2c1. The Bertz CT molecular complexity index is 832. The largest absolute Gasteiger partial charge is 0.372 e. The average molecular weight is 373 g/mol. The Kier molecular flexibility index (Phi) is 6.22. The van der Waals surface area contributed by atoms with Crippen LogP contribution < -0.4 is 20.1 Å². The van der Waals surface area contributed by atoms with E-state index >= 15 is 0 Å². The molecule has 27 heavy (non-hydrogen) atoms. The standard InChI is InChI=1S/C22H34N4O/c1-6-26(7-2)18-8-9-21-19(14-18)22(27)20(16(3)23-21)15-25(5)17-10-12-24(4)13-11-17/h8-9,14,17H,6-7,10-13,15H2,1-5H3,(H,23,27)/p+2. The van der Waals surface area contributed by atoms with E-state index in [1.807, 2.05) is 6.92 Å². The quantitative estimate of drug-likeness (QED) is 0.686. The van der Waals surface area contributed by atoms with E-state index < -0.39 is 0 Å². The fraction of sp³-hybridized carbons (Fsp3) is 0.591. The summed E-state index contributed by atoms with van der Waals surface area (Å²) in [5, 5.41) is 0.820. The smallest absolute Gasteiger partial charge is 0.198 e. The van der Waals surface area contributed by atoms with Gasteiger partial charge in [0.15, 0.2) is 5.43 Å². The van der Waals surface area contributed by atoms with Crippen LogP contribution >= 0.6 is 0 Å². The molecule has 148 valence electrons. The summed E-state index contributed by atoms with van der Waals surface area (Å²) in [5.41, 5.74) is 4.24. The van der Waals surface area contributed by atoms with Crippen LogP contribution in [0.25, 0.3) is 10.9 Å². The normalized spacial score (nSPS) is 21.4. The van der Waals surface area contributed by atoms with Gasteiger partial charge in [-0.1, -0.05) is 0 Å². The minimum Gasteiger partial charge on any atom is -0.372 e. The zero-order valence-electron chi connectivity index (χ0n) is 17.6. The third-order valence-corrected chi connectivity index (χ3v) is 6.42. The van der Waals surface area contributed by atoms with Gasteiger partial charge in [0.1, 0.15) is 6.54 Å². The number of likely N-dealkylation sites (tertiary alicyclic amines) is 1. The first kappa shape index (κ1) is 19.9. The number of H-pyrrole nitrogens is 1. The number of nitrogens with one attached hydrogen (secondary N) is 3. The second kappa shape index (κ2) is 8.44. The number of hydrogen-bond acceptors (Lipinski definition) is 2. The molecule has 0 bridgehead atoms. The second-order valence-corrected chi connectivity index (χ2v) is 8.21. The molecule has 0 amide bonds. The first-order valence-electron chi connectivity index (χ1n) is 10.5. The number of aromatic nitrogens is 1. The fourth-order valence-electron chi connectivity index (χ4n) is 4.46. The van der Waals surface area contributed by atoms with Gasteiger partial charge in [-0.15, -0.1) is 0 Å². The van der Waals surface area contributed by atoms with E-state index in [1.165, 1.54) is 30.8 Å². The second-order valence-electron chi connectivity index (χ2n) is 8.21. The molecule has 3 rings (SSSR count). The summed E-state index contributed by atoms with van der Waals surface area (Å²) < 4.78 is 0. The number of pyridine rings is 1. The van der Waals surface area contributed by atoms with Crippen molar-refractivity contribution < 1.29 is 9.80 Å². The molecule has 2 aromatic rings. The third-order valence-electron chi connectivity index (χ3n) is 6.42. The van der Waals surface area contributed by atoms with Gasteiger partial charge in [-0.2, -0.15) is 0 Å². The molecule has 5 nitrogen and oxygen atoms in total. The molecule has 1 aliphatic rings. The van der Waals surface area contributed by atoms with Crippen molar-refractivity contribution >= 4 is 16.6 Å². The lowest BCUT2D eigenvalue weighted by Crippen LogP contribution is -3.17. The molecule has 0 aliphatic carbocycles. The van der Waals surface area contributed by atoms with Gasteiger partial charge in [0.2, 0.25) is 0 Å². The van der Waals surface area contributed by atoms with E-state index in [4.69, 9.17) is 0 Å². The average Bonchev–Trinajstić information content (AvgIpc) is 2.67. The topological polar surface area (TPSA) is 45.0 Å². The van der Waals surface area contributed by atoms with E-state index in [2.05, 4.69) is 56.0 Å². The highest BCUT2D eigenvalue weighted by atomic mass is 16.1. The summed E-state index contributed by atoms with van der Waals surface area (Å²) in [5.74, 6) is 0. The lowest BCUT2D eigenvalue weighted by molar-refractivity contribution is -0.948. The maximum absolute atomic E-state index is 13.3. The molecule has 5 heteroatoms. The van der Waals surface area contributed by atoms with Gasteiger partial charge >= 0.3 is 0 Å². The summed E-state index contributed by atoms with van der Waals surface area (Å²) in [6.07, 6.45) is 2.49. The molecule has 0 radical (unpaired) electrons. The Labute approximate surface area is 163 Å². The minimum absolute atomic E-state index is 0.202. The summed E-state index contributed by atoms with van der Waals surface area (Å²) in [6.45, 7) is 11.5.